The van der Waals surface area contributed by atoms with Gasteiger partial charge in [0.05, 0.1) is 9.77 Å². The molecule has 0 aliphatic heterocycles. The average molecular weight is 289 g/mol. The minimum Gasteiger partial charge on any atom is -0.399 e. The van der Waals surface area contributed by atoms with Gasteiger partial charge >= 0.3 is 6.18 Å². The van der Waals surface area contributed by atoms with Crippen molar-refractivity contribution >= 4 is 28.8 Å². The summed E-state index contributed by atoms with van der Waals surface area (Å²) in [5, 5.41) is 1.90. The van der Waals surface area contributed by atoms with Crippen LogP contribution < -0.4 is 5.73 Å². The summed E-state index contributed by atoms with van der Waals surface area (Å²) in [5.74, 6) is 0.287. The second-order valence-corrected chi connectivity index (χ2v) is 5.86. The van der Waals surface area contributed by atoms with E-state index in [2.05, 4.69) is 0 Å². The average Bonchev–Trinajstić information content (AvgIpc) is 2.79. The molecule has 0 aliphatic rings. The molecule has 0 aliphatic carbocycles. The first-order chi connectivity index (χ1) is 8.47. The van der Waals surface area contributed by atoms with Crippen LogP contribution in [0.5, 0.6) is 0 Å². The highest BCUT2D eigenvalue weighted by atomic mass is 32.2. The van der Waals surface area contributed by atoms with Crippen molar-refractivity contribution in [1.82, 2.24) is 0 Å². The molecule has 0 saturated carbocycles. The van der Waals surface area contributed by atoms with Crippen LogP contribution in [-0.2, 0) is 11.9 Å². The van der Waals surface area contributed by atoms with Crippen molar-refractivity contribution in [3.63, 3.8) is 0 Å². The third-order valence-electron chi connectivity index (χ3n) is 2.30. The number of alkyl halides is 3. The number of thioether (sulfide) groups is 1. The second kappa shape index (κ2) is 5.24. The number of thiophene rings is 1. The highest BCUT2D eigenvalue weighted by molar-refractivity contribution is 8.00. The molecule has 1 aromatic carbocycles. The van der Waals surface area contributed by atoms with Gasteiger partial charge in [-0.05, 0) is 29.1 Å². The monoisotopic (exact) mass is 289 g/mol. The van der Waals surface area contributed by atoms with Crippen molar-refractivity contribution in [1.29, 1.82) is 0 Å². The van der Waals surface area contributed by atoms with Crippen molar-refractivity contribution in [2.45, 2.75) is 16.1 Å². The SMILES string of the molecule is Nc1ccc(CSc2cccs2)c(C(F)(F)F)c1. The van der Waals surface area contributed by atoms with E-state index in [0.29, 0.717) is 0 Å². The molecule has 0 bridgehead atoms. The Hall–Kier alpha value is -1.14. The Morgan fingerprint density at radius 2 is 2.00 bits per heavy atom. The Morgan fingerprint density at radius 3 is 2.61 bits per heavy atom. The van der Waals surface area contributed by atoms with Crippen molar-refractivity contribution < 1.29 is 13.2 Å². The number of rotatable bonds is 3. The maximum absolute atomic E-state index is 12.8. The predicted octanol–water partition coefficient (Wildman–Crippen LogP) is 4.64. The number of halogens is 3. The zero-order valence-electron chi connectivity index (χ0n) is 9.20. The normalized spacial score (nSPS) is 11.7. The highest BCUT2D eigenvalue weighted by Gasteiger charge is 2.33. The fourth-order valence-corrected chi connectivity index (χ4v) is 3.27. The first-order valence-electron chi connectivity index (χ1n) is 5.09. The zero-order valence-corrected chi connectivity index (χ0v) is 10.8. The lowest BCUT2D eigenvalue weighted by Gasteiger charge is -2.13. The number of nitrogens with two attached hydrogens (primary N) is 1. The molecule has 0 unspecified atom stereocenters. The van der Waals surface area contributed by atoms with Crippen molar-refractivity contribution in [2.24, 2.45) is 0 Å². The van der Waals surface area contributed by atoms with Gasteiger partial charge in [0.25, 0.3) is 0 Å². The molecule has 96 valence electrons. The van der Waals surface area contributed by atoms with Crippen LogP contribution in [0.4, 0.5) is 18.9 Å². The second-order valence-electron chi connectivity index (χ2n) is 3.64. The van der Waals surface area contributed by atoms with E-state index >= 15 is 0 Å². The zero-order chi connectivity index (χ0) is 13.2. The van der Waals surface area contributed by atoms with Gasteiger partial charge in [0.2, 0.25) is 0 Å². The van der Waals surface area contributed by atoms with E-state index in [4.69, 9.17) is 5.73 Å². The fraction of sp³-hybridized carbons (Fsp3) is 0.167. The first-order valence-corrected chi connectivity index (χ1v) is 6.95. The van der Waals surface area contributed by atoms with E-state index in [1.807, 2.05) is 17.5 Å². The summed E-state index contributed by atoms with van der Waals surface area (Å²) in [6.45, 7) is 0. The molecule has 0 spiro atoms. The molecule has 0 radical (unpaired) electrons. The number of benzene rings is 1. The summed E-state index contributed by atoms with van der Waals surface area (Å²) in [6, 6.07) is 7.70. The Kier molecular flexibility index (Phi) is 3.87. The summed E-state index contributed by atoms with van der Waals surface area (Å²) in [5.41, 5.74) is 5.15. The summed E-state index contributed by atoms with van der Waals surface area (Å²) < 4.78 is 39.5. The predicted molar refractivity (Wildman–Crippen MR) is 69.7 cm³/mol. The Labute approximate surface area is 111 Å². The van der Waals surface area contributed by atoms with Gasteiger partial charge in [0.15, 0.2) is 0 Å². The van der Waals surface area contributed by atoms with Gasteiger partial charge in [-0.3, -0.25) is 0 Å². The molecular weight excluding hydrogens is 279 g/mol. The third-order valence-corrected chi connectivity index (χ3v) is 4.48. The van der Waals surface area contributed by atoms with Crippen LogP contribution >= 0.6 is 23.1 Å². The quantitative estimate of drug-likeness (QED) is 0.658. The van der Waals surface area contributed by atoms with Gasteiger partial charge in [0.1, 0.15) is 0 Å². The van der Waals surface area contributed by atoms with E-state index in [9.17, 15) is 13.2 Å². The molecule has 2 rings (SSSR count). The Bertz CT molecular complexity index is 521. The van der Waals surface area contributed by atoms with E-state index in [1.165, 1.54) is 35.2 Å². The van der Waals surface area contributed by atoms with E-state index in [-0.39, 0.29) is 17.0 Å². The third kappa shape index (κ3) is 3.20. The fourth-order valence-electron chi connectivity index (χ4n) is 1.48. The van der Waals surface area contributed by atoms with Crippen LogP contribution in [0.2, 0.25) is 0 Å². The largest absolute Gasteiger partial charge is 0.416 e. The summed E-state index contributed by atoms with van der Waals surface area (Å²) in [7, 11) is 0. The lowest BCUT2D eigenvalue weighted by atomic mass is 10.1. The highest BCUT2D eigenvalue weighted by Crippen LogP contribution is 2.36. The summed E-state index contributed by atoms with van der Waals surface area (Å²) >= 11 is 2.91. The number of hydrogen-bond donors (Lipinski definition) is 1. The Morgan fingerprint density at radius 1 is 1.22 bits per heavy atom. The van der Waals surface area contributed by atoms with Crippen molar-refractivity contribution in [2.75, 3.05) is 5.73 Å². The lowest BCUT2D eigenvalue weighted by Crippen LogP contribution is -2.09. The van der Waals surface area contributed by atoms with Crippen molar-refractivity contribution in [3.8, 4) is 0 Å². The van der Waals surface area contributed by atoms with E-state index in [1.54, 1.807) is 0 Å². The van der Waals surface area contributed by atoms with E-state index in [0.717, 1.165) is 10.3 Å². The molecule has 6 heteroatoms. The van der Waals surface area contributed by atoms with Gasteiger partial charge in [-0.15, -0.1) is 23.1 Å². The number of nitrogen functional groups attached to an aromatic ring is 1. The molecule has 1 aromatic heterocycles. The molecule has 0 atom stereocenters. The van der Waals surface area contributed by atoms with Gasteiger partial charge in [-0.1, -0.05) is 12.1 Å². The molecule has 2 N–H and O–H groups in total. The minimum atomic E-state index is -4.36. The standard InChI is InChI=1S/C12H10F3NS2/c13-12(14,15)10-6-9(16)4-3-8(10)7-18-11-2-1-5-17-11/h1-6H,7,16H2. The van der Waals surface area contributed by atoms with Crippen LogP contribution in [0.15, 0.2) is 39.9 Å². The number of anilines is 1. The number of hydrogen-bond acceptors (Lipinski definition) is 3. The van der Waals surface area contributed by atoms with Crippen LogP contribution in [0.25, 0.3) is 0 Å². The first kappa shape index (κ1) is 13.3. The maximum Gasteiger partial charge on any atom is 0.416 e. The van der Waals surface area contributed by atoms with Crippen molar-refractivity contribution in [3.05, 3.63) is 46.8 Å². The van der Waals surface area contributed by atoms with Gasteiger partial charge < -0.3 is 5.73 Å². The van der Waals surface area contributed by atoms with Crippen LogP contribution in [0.3, 0.4) is 0 Å². The molecule has 1 nitrogen and oxygen atoms in total. The molecular formula is C12H10F3NS2. The van der Waals surface area contributed by atoms with Crippen LogP contribution in [0, 0.1) is 0 Å². The molecule has 0 saturated heterocycles. The van der Waals surface area contributed by atoms with Crippen LogP contribution in [-0.4, -0.2) is 0 Å². The lowest BCUT2D eigenvalue weighted by molar-refractivity contribution is -0.138. The smallest absolute Gasteiger partial charge is 0.399 e. The van der Waals surface area contributed by atoms with E-state index < -0.39 is 11.7 Å². The summed E-state index contributed by atoms with van der Waals surface area (Å²) in [6.07, 6.45) is -4.36. The molecule has 2 aromatic rings. The Balaban J connectivity index is 2.22. The molecule has 1 heterocycles. The maximum atomic E-state index is 12.8. The van der Waals surface area contributed by atoms with Gasteiger partial charge in [-0.2, -0.15) is 13.2 Å². The topological polar surface area (TPSA) is 26.0 Å². The molecule has 0 amide bonds. The summed E-state index contributed by atoms with van der Waals surface area (Å²) in [4.78, 5) is 0. The van der Waals surface area contributed by atoms with Crippen LogP contribution in [0.1, 0.15) is 11.1 Å². The van der Waals surface area contributed by atoms with Gasteiger partial charge in [0, 0.05) is 11.4 Å². The van der Waals surface area contributed by atoms with Gasteiger partial charge in [-0.25, -0.2) is 0 Å². The molecule has 0 fully saturated rings. The minimum absolute atomic E-state index is 0.132. The molecule has 18 heavy (non-hydrogen) atoms.